The summed E-state index contributed by atoms with van der Waals surface area (Å²) in [6, 6.07) is 10.6. The minimum atomic E-state index is -3.47. The molecule has 0 unspecified atom stereocenters. The molecule has 5 rings (SSSR count). The summed E-state index contributed by atoms with van der Waals surface area (Å²) in [5.74, 6) is -0.0595. The number of amides is 1. The molecule has 9 heteroatoms. The number of anilines is 1. The van der Waals surface area contributed by atoms with Gasteiger partial charge in [-0.1, -0.05) is 23.5 Å². The lowest BCUT2D eigenvalue weighted by molar-refractivity contribution is 0.0746. The molecule has 0 saturated carbocycles. The SMILES string of the molecule is Cc1ccc(C)c2sc(N3CCN(C(=O)c4ccc(S(=O)(=O)N5CCCC5)cc4)CC3)nc12. The van der Waals surface area contributed by atoms with Gasteiger partial charge in [0.15, 0.2) is 5.13 Å². The van der Waals surface area contributed by atoms with Gasteiger partial charge in [0.2, 0.25) is 10.0 Å². The fraction of sp³-hybridized carbons (Fsp3) is 0.417. The fourth-order valence-electron chi connectivity index (χ4n) is 4.51. The van der Waals surface area contributed by atoms with E-state index in [2.05, 4.69) is 30.9 Å². The molecule has 2 aliphatic rings. The highest BCUT2D eigenvalue weighted by Crippen LogP contribution is 2.33. The largest absolute Gasteiger partial charge is 0.345 e. The average molecular weight is 485 g/mol. The summed E-state index contributed by atoms with van der Waals surface area (Å²) in [6.07, 6.45) is 1.80. The predicted octanol–water partition coefficient (Wildman–Crippen LogP) is 3.66. The molecule has 0 spiro atoms. The number of benzene rings is 2. The number of hydrogen-bond donors (Lipinski definition) is 0. The Morgan fingerprint density at radius 3 is 2.15 bits per heavy atom. The van der Waals surface area contributed by atoms with Gasteiger partial charge < -0.3 is 9.80 Å². The van der Waals surface area contributed by atoms with Gasteiger partial charge in [-0.2, -0.15) is 4.31 Å². The maximum atomic E-state index is 13.0. The van der Waals surface area contributed by atoms with E-state index in [0.29, 0.717) is 31.7 Å². The molecule has 3 aromatic rings. The first-order chi connectivity index (χ1) is 15.8. The molecule has 2 saturated heterocycles. The maximum absolute atomic E-state index is 13.0. The number of piperazine rings is 1. The summed E-state index contributed by atoms with van der Waals surface area (Å²) in [5.41, 5.74) is 4.01. The zero-order valence-electron chi connectivity index (χ0n) is 19.0. The van der Waals surface area contributed by atoms with Crippen LogP contribution < -0.4 is 4.90 Å². The second-order valence-corrected chi connectivity index (χ2v) is 11.7. The highest BCUT2D eigenvalue weighted by Gasteiger charge is 2.28. The first-order valence-electron chi connectivity index (χ1n) is 11.4. The van der Waals surface area contributed by atoms with Crippen molar-refractivity contribution in [1.82, 2.24) is 14.2 Å². The zero-order chi connectivity index (χ0) is 23.2. The highest BCUT2D eigenvalue weighted by molar-refractivity contribution is 7.89. The Labute approximate surface area is 198 Å². The van der Waals surface area contributed by atoms with E-state index in [-0.39, 0.29) is 10.8 Å². The van der Waals surface area contributed by atoms with Gasteiger partial charge >= 0.3 is 0 Å². The van der Waals surface area contributed by atoms with E-state index in [9.17, 15) is 13.2 Å². The average Bonchev–Trinajstić information content (AvgIpc) is 3.53. The lowest BCUT2D eigenvalue weighted by Gasteiger charge is -2.34. The molecule has 1 aromatic heterocycles. The normalized spacial score (nSPS) is 17.8. The van der Waals surface area contributed by atoms with Crippen molar-refractivity contribution in [3.8, 4) is 0 Å². The van der Waals surface area contributed by atoms with E-state index in [1.165, 1.54) is 20.1 Å². The van der Waals surface area contributed by atoms with Crippen molar-refractivity contribution in [2.75, 3.05) is 44.2 Å². The van der Waals surface area contributed by atoms with E-state index >= 15 is 0 Å². The fourth-order valence-corrected chi connectivity index (χ4v) is 7.19. The Morgan fingerprint density at radius 1 is 0.879 bits per heavy atom. The van der Waals surface area contributed by atoms with E-state index in [4.69, 9.17) is 4.98 Å². The van der Waals surface area contributed by atoms with Crippen LogP contribution in [-0.2, 0) is 10.0 Å². The van der Waals surface area contributed by atoms with Crippen LogP contribution >= 0.6 is 11.3 Å². The number of aromatic nitrogens is 1. The van der Waals surface area contributed by atoms with Crippen molar-refractivity contribution < 1.29 is 13.2 Å². The highest BCUT2D eigenvalue weighted by atomic mass is 32.2. The van der Waals surface area contributed by atoms with Gasteiger partial charge in [-0.05, 0) is 62.1 Å². The van der Waals surface area contributed by atoms with E-state index < -0.39 is 10.0 Å². The zero-order valence-corrected chi connectivity index (χ0v) is 20.6. The van der Waals surface area contributed by atoms with Crippen LogP contribution in [0.1, 0.15) is 34.3 Å². The summed E-state index contributed by atoms with van der Waals surface area (Å²) in [6.45, 7) is 8.02. The molecular weight excluding hydrogens is 456 g/mol. The van der Waals surface area contributed by atoms with E-state index in [1.807, 2.05) is 4.90 Å². The van der Waals surface area contributed by atoms with E-state index in [0.717, 1.165) is 36.6 Å². The number of thiazole rings is 1. The topological polar surface area (TPSA) is 73.8 Å². The second kappa shape index (κ2) is 8.70. The van der Waals surface area contributed by atoms with Gasteiger partial charge in [-0.15, -0.1) is 0 Å². The molecule has 3 heterocycles. The molecule has 2 aromatic carbocycles. The predicted molar refractivity (Wildman–Crippen MR) is 132 cm³/mol. The van der Waals surface area contributed by atoms with Crippen molar-refractivity contribution >= 4 is 42.6 Å². The van der Waals surface area contributed by atoms with Crippen LogP contribution in [0.25, 0.3) is 10.2 Å². The van der Waals surface area contributed by atoms with Crippen LogP contribution in [0.4, 0.5) is 5.13 Å². The van der Waals surface area contributed by atoms with Crippen molar-refractivity contribution in [2.45, 2.75) is 31.6 Å². The first kappa shape index (κ1) is 22.3. The van der Waals surface area contributed by atoms with Crippen molar-refractivity contribution in [2.24, 2.45) is 0 Å². The second-order valence-electron chi connectivity index (χ2n) is 8.79. The summed E-state index contributed by atoms with van der Waals surface area (Å²) in [7, 11) is -3.47. The third-order valence-electron chi connectivity index (χ3n) is 6.57. The van der Waals surface area contributed by atoms with Crippen molar-refractivity contribution in [3.05, 3.63) is 53.1 Å². The lowest BCUT2D eigenvalue weighted by atomic mass is 10.1. The Kier molecular flexibility index (Phi) is 5.88. The van der Waals surface area contributed by atoms with Crippen LogP contribution in [0.3, 0.4) is 0 Å². The third kappa shape index (κ3) is 4.13. The van der Waals surface area contributed by atoms with Crippen LogP contribution in [0.2, 0.25) is 0 Å². The summed E-state index contributed by atoms with van der Waals surface area (Å²) in [4.78, 5) is 22.2. The minimum Gasteiger partial charge on any atom is -0.345 e. The van der Waals surface area contributed by atoms with Crippen LogP contribution in [0.15, 0.2) is 41.3 Å². The van der Waals surface area contributed by atoms with Crippen LogP contribution in [0.5, 0.6) is 0 Å². The van der Waals surface area contributed by atoms with Crippen molar-refractivity contribution in [1.29, 1.82) is 0 Å². The van der Waals surface area contributed by atoms with Gasteiger partial charge in [0.1, 0.15) is 0 Å². The Morgan fingerprint density at radius 2 is 1.52 bits per heavy atom. The number of rotatable bonds is 4. The van der Waals surface area contributed by atoms with Gasteiger partial charge in [0.05, 0.1) is 15.1 Å². The first-order valence-corrected chi connectivity index (χ1v) is 13.6. The molecule has 0 aliphatic carbocycles. The Bertz CT molecular complexity index is 1250. The number of sulfonamides is 1. The molecule has 33 heavy (non-hydrogen) atoms. The molecular formula is C24H28N4O3S2. The molecule has 0 N–H and O–H groups in total. The minimum absolute atomic E-state index is 0.0595. The molecule has 0 bridgehead atoms. The number of carbonyl (C=O) groups is 1. The smallest absolute Gasteiger partial charge is 0.253 e. The summed E-state index contributed by atoms with van der Waals surface area (Å²) >= 11 is 1.72. The number of hydrogen-bond acceptors (Lipinski definition) is 6. The van der Waals surface area contributed by atoms with Crippen LogP contribution in [0, 0.1) is 13.8 Å². The Hall–Kier alpha value is -2.49. The number of fused-ring (bicyclic) bond motifs is 1. The summed E-state index contributed by atoms with van der Waals surface area (Å²) in [5, 5.41) is 1.01. The number of aryl methyl sites for hydroxylation is 2. The monoisotopic (exact) mass is 484 g/mol. The third-order valence-corrected chi connectivity index (χ3v) is 9.74. The molecule has 2 fully saturated rings. The van der Waals surface area contributed by atoms with Gasteiger partial charge in [-0.25, -0.2) is 13.4 Å². The maximum Gasteiger partial charge on any atom is 0.253 e. The van der Waals surface area contributed by atoms with Crippen molar-refractivity contribution in [3.63, 3.8) is 0 Å². The molecule has 7 nitrogen and oxygen atoms in total. The quantitative estimate of drug-likeness (QED) is 0.565. The number of nitrogens with zero attached hydrogens (tertiary/aromatic N) is 4. The molecule has 2 aliphatic heterocycles. The molecule has 174 valence electrons. The van der Waals surface area contributed by atoms with Crippen LogP contribution in [-0.4, -0.2) is 67.8 Å². The molecule has 0 radical (unpaired) electrons. The summed E-state index contributed by atoms with van der Waals surface area (Å²) < 4.78 is 28.2. The van der Waals surface area contributed by atoms with Gasteiger partial charge in [0, 0.05) is 44.8 Å². The number of carbonyl (C=O) groups excluding carboxylic acids is 1. The molecule has 1 amide bonds. The molecule has 0 atom stereocenters. The Balaban J connectivity index is 1.25. The van der Waals surface area contributed by atoms with Gasteiger partial charge in [0.25, 0.3) is 5.91 Å². The van der Waals surface area contributed by atoms with Gasteiger partial charge in [-0.3, -0.25) is 4.79 Å². The van der Waals surface area contributed by atoms with E-state index in [1.54, 1.807) is 35.6 Å². The lowest BCUT2D eigenvalue weighted by Crippen LogP contribution is -2.48. The standard InChI is InChI=1S/C24H28N4O3S2/c1-17-5-6-18(2)22-21(17)25-24(32-22)27-15-13-26(14-16-27)23(29)19-7-9-20(10-8-19)33(30,31)28-11-3-4-12-28/h5-10H,3-4,11-16H2,1-2H3.